The third-order valence-corrected chi connectivity index (χ3v) is 18.7. The van der Waals surface area contributed by atoms with Crippen molar-refractivity contribution in [2.45, 2.75) is 392 Å². The molecule has 0 aromatic carbocycles. The summed E-state index contributed by atoms with van der Waals surface area (Å²) in [6.45, 7) is 3.66. The van der Waals surface area contributed by atoms with Gasteiger partial charge < -0.3 is 20.1 Å². The van der Waals surface area contributed by atoms with Crippen LogP contribution in [0.5, 0.6) is 0 Å². The Kier molecular flexibility index (Phi) is 76.9. The molecule has 0 aliphatic rings. The van der Waals surface area contributed by atoms with Crippen LogP contribution in [0.2, 0.25) is 0 Å². The summed E-state index contributed by atoms with van der Waals surface area (Å²) in [6, 6.07) is 0. The summed E-state index contributed by atoms with van der Waals surface area (Å²) in [6.07, 6.45) is 111. The number of phosphoric ester groups is 1. The molecule has 0 heterocycles. The number of unbranched alkanes of at least 4 members (excludes halogenated alkanes) is 45. The molecule has 0 aromatic heterocycles. The van der Waals surface area contributed by atoms with Crippen molar-refractivity contribution >= 4 is 19.8 Å². The van der Waals surface area contributed by atoms with Gasteiger partial charge in [0.15, 0.2) is 6.10 Å². The van der Waals surface area contributed by atoms with Crippen molar-refractivity contribution < 1.29 is 37.6 Å². The van der Waals surface area contributed by atoms with Gasteiger partial charge in [0.25, 0.3) is 0 Å². The molecular weight excluding hydrogens is 1190 g/mol. The Morgan fingerprint density at radius 2 is 0.579 bits per heavy atom. The maximum atomic E-state index is 12.8. The quantitative estimate of drug-likeness (QED) is 0.0264. The zero-order chi connectivity index (χ0) is 68.6. The average molecular weight is 1350 g/mol. The molecule has 0 aliphatic heterocycles. The van der Waals surface area contributed by atoms with Crippen molar-refractivity contribution in [1.29, 1.82) is 0 Å². The highest BCUT2D eigenvalue weighted by molar-refractivity contribution is 7.47. The van der Waals surface area contributed by atoms with Gasteiger partial charge in [-0.05, 0) is 83.5 Å². The summed E-state index contributed by atoms with van der Waals surface area (Å²) >= 11 is 0. The second-order valence-electron chi connectivity index (χ2n) is 26.9. The van der Waals surface area contributed by atoms with Crippen molar-refractivity contribution in [3.05, 3.63) is 109 Å². The summed E-state index contributed by atoms with van der Waals surface area (Å²) in [7, 11) is -4.41. The summed E-state index contributed by atoms with van der Waals surface area (Å²) in [5.41, 5.74) is 5.41. The van der Waals surface area contributed by atoms with Gasteiger partial charge in [0.2, 0.25) is 0 Å². The molecule has 9 nitrogen and oxygen atoms in total. The Bertz CT molecular complexity index is 1930. The number of carbonyl (C=O) groups is 2. The molecule has 10 heteroatoms. The number of rotatable bonds is 76. The van der Waals surface area contributed by atoms with Crippen LogP contribution < -0.4 is 5.73 Å². The molecule has 3 N–H and O–H groups in total. The number of hydrogen-bond acceptors (Lipinski definition) is 8. The van der Waals surface area contributed by atoms with E-state index in [0.717, 1.165) is 103 Å². The molecule has 0 saturated carbocycles. The average Bonchev–Trinajstić information content (AvgIpc) is 3.32. The number of nitrogens with two attached hydrogens (primary N) is 1. The second kappa shape index (κ2) is 79.7. The minimum atomic E-state index is -4.41. The number of phosphoric acid groups is 1. The van der Waals surface area contributed by atoms with E-state index in [9.17, 15) is 19.0 Å². The largest absolute Gasteiger partial charge is 0.472 e. The third kappa shape index (κ3) is 79.5. The van der Waals surface area contributed by atoms with Gasteiger partial charge in [-0.2, -0.15) is 0 Å². The van der Waals surface area contributed by atoms with Crippen LogP contribution in [-0.2, 0) is 32.7 Å². The lowest BCUT2D eigenvalue weighted by atomic mass is 10.0. The molecule has 550 valence electrons. The van der Waals surface area contributed by atoms with E-state index in [0.29, 0.717) is 6.42 Å². The number of ether oxygens (including phenoxy) is 2. The number of hydrogen-bond donors (Lipinski definition) is 2. The highest BCUT2D eigenvalue weighted by Crippen LogP contribution is 2.43. The SMILES string of the molecule is CC/C=C\C/C=C\C/C=C\C/C=C\C/C=C\C/C=C\C/C=C\C/C=C\C/C=C\CCCCCCCCCC(=O)OC(COC(=O)CCCCCCCCCCCCCCCCCCCCCCCCCCCCCCCCCCCCCCCCC)COP(=O)(O)OCCN. The van der Waals surface area contributed by atoms with E-state index in [1.54, 1.807) is 0 Å². The zero-order valence-corrected chi connectivity index (χ0v) is 63.0. The van der Waals surface area contributed by atoms with Crippen LogP contribution in [0.1, 0.15) is 386 Å². The van der Waals surface area contributed by atoms with Crippen LogP contribution in [-0.4, -0.2) is 49.3 Å². The van der Waals surface area contributed by atoms with Crippen LogP contribution in [0.3, 0.4) is 0 Å². The molecule has 0 aromatic rings. The first-order valence-electron chi connectivity index (χ1n) is 40.4. The van der Waals surface area contributed by atoms with Crippen molar-refractivity contribution in [2.75, 3.05) is 26.4 Å². The van der Waals surface area contributed by atoms with Crippen molar-refractivity contribution in [2.24, 2.45) is 5.73 Å². The van der Waals surface area contributed by atoms with E-state index in [1.165, 1.54) is 250 Å². The van der Waals surface area contributed by atoms with Crippen LogP contribution in [0, 0.1) is 0 Å². The van der Waals surface area contributed by atoms with Gasteiger partial charge in [0, 0.05) is 19.4 Å². The fourth-order valence-corrected chi connectivity index (χ4v) is 12.5. The predicted molar refractivity (Wildman–Crippen MR) is 413 cm³/mol. The summed E-state index contributed by atoms with van der Waals surface area (Å²) < 4.78 is 33.3. The highest BCUT2D eigenvalue weighted by Gasteiger charge is 2.26. The second-order valence-corrected chi connectivity index (χ2v) is 28.4. The minimum Gasteiger partial charge on any atom is -0.462 e. The molecule has 2 atom stereocenters. The van der Waals surface area contributed by atoms with E-state index in [4.69, 9.17) is 24.3 Å². The number of allylic oxidation sites excluding steroid dienone is 18. The standard InChI is InChI=1S/C85H152NO8P/c1-3-5-7-9-11-13-15-17-19-21-23-25-27-29-31-33-35-37-39-40-41-42-44-45-47-49-51-53-55-57-59-61-63-65-67-69-71-73-75-77-84(87)91-81-83(82-93-95(89,90)92-80-79-86)94-85(88)78-76-74-72-70-68-66-64-62-60-58-56-54-52-50-48-46-43-38-36-34-32-30-28-26-24-22-20-18-16-14-12-10-8-6-4-2/h6,8,12,14,18,20,24,26,30,32,36,38,46,48,52,54,58,60,83H,3-5,7,9-11,13,15-17,19,21-23,25,27-29,31,33-35,37,39-45,47,49-51,53,55-57,59,61-82,86H2,1-2H3,(H,89,90)/b8-6-,14-12-,20-18-,26-24-,32-30-,38-36-,48-46-,54-52-,60-58-. The normalized spacial score (nSPS) is 13.4. The van der Waals surface area contributed by atoms with E-state index in [1.807, 2.05) is 0 Å². The minimum absolute atomic E-state index is 0.0479. The fraction of sp³-hybridized carbons (Fsp3) is 0.765. The van der Waals surface area contributed by atoms with Gasteiger partial charge in [-0.15, -0.1) is 0 Å². The van der Waals surface area contributed by atoms with Gasteiger partial charge in [-0.3, -0.25) is 18.6 Å². The van der Waals surface area contributed by atoms with Crippen LogP contribution >= 0.6 is 7.82 Å². The van der Waals surface area contributed by atoms with E-state index in [-0.39, 0.29) is 38.6 Å². The van der Waals surface area contributed by atoms with E-state index >= 15 is 0 Å². The smallest absolute Gasteiger partial charge is 0.462 e. The maximum absolute atomic E-state index is 12.8. The monoisotopic (exact) mass is 1350 g/mol. The zero-order valence-electron chi connectivity index (χ0n) is 62.1. The first-order chi connectivity index (χ1) is 46.8. The van der Waals surface area contributed by atoms with Gasteiger partial charge >= 0.3 is 19.8 Å². The first-order valence-corrected chi connectivity index (χ1v) is 41.9. The van der Waals surface area contributed by atoms with Crippen molar-refractivity contribution in [3.63, 3.8) is 0 Å². The van der Waals surface area contributed by atoms with Gasteiger partial charge in [-0.1, -0.05) is 399 Å². The van der Waals surface area contributed by atoms with Crippen molar-refractivity contribution in [3.8, 4) is 0 Å². The molecule has 0 saturated heterocycles. The lowest BCUT2D eigenvalue weighted by Gasteiger charge is -2.19. The van der Waals surface area contributed by atoms with Crippen LogP contribution in [0.25, 0.3) is 0 Å². The fourth-order valence-electron chi connectivity index (χ4n) is 11.8. The Hall–Kier alpha value is -3.33. The van der Waals surface area contributed by atoms with Crippen LogP contribution in [0.15, 0.2) is 109 Å². The predicted octanol–water partition coefficient (Wildman–Crippen LogP) is 27.2. The summed E-state index contributed by atoms with van der Waals surface area (Å²) in [5.74, 6) is -0.831. The lowest BCUT2D eigenvalue weighted by Crippen LogP contribution is -2.29. The topological polar surface area (TPSA) is 134 Å². The maximum Gasteiger partial charge on any atom is 0.472 e. The number of esters is 2. The Labute approximate surface area is 588 Å². The Morgan fingerprint density at radius 3 is 0.863 bits per heavy atom. The summed E-state index contributed by atoms with van der Waals surface area (Å²) in [5, 5.41) is 0. The molecule has 0 aliphatic carbocycles. The van der Waals surface area contributed by atoms with E-state index < -0.39 is 26.5 Å². The molecule has 0 radical (unpaired) electrons. The van der Waals surface area contributed by atoms with Crippen molar-refractivity contribution in [1.82, 2.24) is 0 Å². The molecule has 0 spiro atoms. The molecule has 0 fully saturated rings. The molecule has 0 rings (SSSR count). The lowest BCUT2D eigenvalue weighted by molar-refractivity contribution is -0.161. The molecule has 95 heavy (non-hydrogen) atoms. The molecular formula is C85H152NO8P. The summed E-state index contributed by atoms with van der Waals surface area (Å²) in [4.78, 5) is 35.5. The third-order valence-electron chi connectivity index (χ3n) is 17.7. The Balaban J connectivity index is 3.83. The Morgan fingerprint density at radius 1 is 0.326 bits per heavy atom. The highest BCUT2D eigenvalue weighted by atomic mass is 31.2. The first kappa shape index (κ1) is 91.7. The van der Waals surface area contributed by atoms with Crippen LogP contribution in [0.4, 0.5) is 0 Å². The van der Waals surface area contributed by atoms with Gasteiger partial charge in [-0.25, -0.2) is 4.57 Å². The van der Waals surface area contributed by atoms with Gasteiger partial charge in [0.1, 0.15) is 6.61 Å². The van der Waals surface area contributed by atoms with E-state index in [2.05, 4.69) is 123 Å². The molecule has 0 amide bonds. The molecule has 0 bridgehead atoms. The molecule has 2 unspecified atom stereocenters. The van der Waals surface area contributed by atoms with Gasteiger partial charge in [0.05, 0.1) is 13.2 Å². The number of carbonyl (C=O) groups excluding carboxylic acids is 2.